The molecule has 1 amide bonds. The van der Waals surface area contributed by atoms with E-state index in [0.717, 1.165) is 21.3 Å². The van der Waals surface area contributed by atoms with Gasteiger partial charge in [0.05, 0.1) is 21.7 Å². The molecule has 0 fully saturated rings. The van der Waals surface area contributed by atoms with Crippen molar-refractivity contribution in [3.63, 3.8) is 0 Å². The van der Waals surface area contributed by atoms with Gasteiger partial charge in [-0.1, -0.05) is 29.0 Å². The van der Waals surface area contributed by atoms with Crippen LogP contribution in [0.4, 0.5) is 10.8 Å². The third-order valence-electron chi connectivity index (χ3n) is 4.72. The maximum Gasteiger partial charge on any atom is 0.269 e. The summed E-state index contributed by atoms with van der Waals surface area (Å²) in [6.07, 6.45) is 6.43. The van der Waals surface area contributed by atoms with Crippen molar-refractivity contribution in [2.24, 2.45) is 0 Å². The van der Waals surface area contributed by atoms with Crippen LogP contribution in [0.3, 0.4) is 0 Å². The fourth-order valence-electron chi connectivity index (χ4n) is 3.14. The topological polar surface area (TPSA) is 89.2 Å². The van der Waals surface area contributed by atoms with E-state index in [0.29, 0.717) is 22.3 Å². The van der Waals surface area contributed by atoms with E-state index in [1.54, 1.807) is 35.5 Å². The number of thiazole rings is 1. The number of nitro benzene ring substituents is 1. The van der Waals surface area contributed by atoms with Gasteiger partial charge < -0.3 is 0 Å². The van der Waals surface area contributed by atoms with Crippen molar-refractivity contribution in [3.05, 3.63) is 98.8 Å². The molecule has 4 rings (SSSR count). The summed E-state index contributed by atoms with van der Waals surface area (Å²) in [5, 5.41) is 12.0. The van der Waals surface area contributed by atoms with Gasteiger partial charge in [0.15, 0.2) is 5.13 Å². The van der Waals surface area contributed by atoms with Gasteiger partial charge in [-0.15, -0.1) is 0 Å². The van der Waals surface area contributed by atoms with Gasteiger partial charge >= 0.3 is 0 Å². The summed E-state index contributed by atoms with van der Waals surface area (Å²) >= 11 is 7.58. The standard InChI is InChI=1S/C23H17ClN4O3S/c1-15-11-18(24)12-20-22(15)26-23(32-20)27(14-17-3-2-10-25-13-17)21(29)9-6-16-4-7-19(8-5-16)28(30)31/h2-13H,14H2,1H3/b9-6-. The third-order valence-corrected chi connectivity index (χ3v) is 5.97. The van der Waals surface area contributed by atoms with Crippen molar-refractivity contribution in [1.29, 1.82) is 0 Å². The number of aryl methyl sites for hydroxylation is 1. The van der Waals surface area contributed by atoms with E-state index < -0.39 is 4.92 Å². The highest BCUT2D eigenvalue weighted by atomic mass is 35.5. The molecule has 0 atom stereocenters. The quantitative estimate of drug-likeness (QED) is 0.204. The minimum atomic E-state index is -0.463. The number of non-ortho nitro benzene ring substituents is 1. The van der Waals surface area contributed by atoms with Crippen LogP contribution < -0.4 is 4.90 Å². The predicted molar refractivity (Wildman–Crippen MR) is 127 cm³/mol. The van der Waals surface area contributed by atoms with Crippen LogP contribution in [-0.4, -0.2) is 20.8 Å². The number of carbonyl (C=O) groups excluding carboxylic acids is 1. The Labute approximate surface area is 192 Å². The molecule has 0 bridgehead atoms. The SMILES string of the molecule is Cc1cc(Cl)cc2sc(N(Cc3cccnc3)C(=O)/C=C\c3ccc([N+](=O)[O-])cc3)nc12. The number of nitrogens with zero attached hydrogens (tertiary/aromatic N) is 4. The van der Waals surface area contributed by atoms with Crippen molar-refractivity contribution >= 4 is 56.0 Å². The molecular weight excluding hydrogens is 448 g/mol. The van der Waals surface area contributed by atoms with E-state index in [1.165, 1.54) is 29.5 Å². The van der Waals surface area contributed by atoms with Crippen molar-refractivity contribution in [2.75, 3.05) is 4.90 Å². The van der Waals surface area contributed by atoms with Crippen molar-refractivity contribution in [3.8, 4) is 0 Å². The Balaban J connectivity index is 1.66. The fraction of sp³-hybridized carbons (Fsp3) is 0.0870. The number of aromatic nitrogens is 2. The van der Waals surface area contributed by atoms with Gasteiger partial charge in [-0.25, -0.2) is 4.98 Å². The zero-order chi connectivity index (χ0) is 22.7. The number of amides is 1. The number of anilines is 1. The Hall–Kier alpha value is -3.62. The molecule has 0 radical (unpaired) electrons. The molecule has 0 aliphatic rings. The lowest BCUT2D eigenvalue weighted by Crippen LogP contribution is -2.28. The summed E-state index contributed by atoms with van der Waals surface area (Å²) in [5.74, 6) is -0.269. The second-order valence-electron chi connectivity index (χ2n) is 7.03. The number of hydrogen-bond acceptors (Lipinski definition) is 6. The van der Waals surface area contributed by atoms with E-state index in [9.17, 15) is 14.9 Å². The molecule has 0 unspecified atom stereocenters. The van der Waals surface area contributed by atoms with E-state index in [2.05, 4.69) is 4.98 Å². The molecule has 0 N–H and O–H groups in total. The molecule has 0 saturated heterocycles. The lowest BCUT2D eigenvalue weighted by Gasteiger charge is -2.18. The monoisotopic (exact) mass is 464 g/mol. The molecule has 2 aromatic carbocycles. The second kappa shape index (κ2) is 9.25. The summed E-state index contributed by atoms with van der Waals surface area (Å²) in [4.78, 5) is 33.9. The molecular formula is C23H17ClN4O3S. The Morgan fingerprint density at radius 3 is 2.72 bits per heavy atom. The maximum absolute atomic E-state index is 13.2. The zero-order valence-corrected chi connectivity index (χ0v) is 18.5. The van der Waals surface area contributed by atoms with E-state index in [1.807, 2.05) is 31.2 Å². The van der Waals surface area contributed by atoms with Gasteiger partial charge in [0.1, 0.15) is 0 Å². The zero-order valence-electron chi connectivity index (χ0n) is 16.9. The number of carbonyl (C=O) groups is 1. The van der Waals surface area contributed by atoms with Gasteiger partial charge in [-0.3, -0.25) is 24.8 Å². The van der Waals surface area contributed by atoms with Crippen LogP contribution in [0.5, 0.6) is 0 Å². The highest BCUT2D eigenvalue weighted by Crippen LogP contribution is 2.33. The first-order valence-electron chi connectivity index (χ1n) is 9.60. The Bertz CT molecular complexity index is 1320. The first-order chi connectivity index (χ1) is 15.4. The minimum Gasteiger partial charge on any atom is -0.280 e. The number of pyridine rings is 1. The lowest BCUT2D eigenvalue weighted by atomic mass is 10.2. The number of benzene rings is 2. The van der Waals surface area contributed by atoms with Crippen LogP contribution in [0, 0.1) is 17.0 Å². The van der Waals surface area contributed by atoms with Gasteiger partial charge in [-0.2, -0.15) is 0 Å². The summed E-state index contributed by atoms with van der Waals surface area (Å²) in [7, 11) is 0. The van der Waals surface area contributed by atoms with Gasteiger partial charge in [-0.05, 0) is 60.0 Å². The molecule has 32 heavy (non-hydrogen) atoms. The van der Waals surface area contributed by atoms with Crippen molar-refractivity contribution in [1.82, 2.24) is 9.97 Å². The van der Waals surface area contributed by atoms with Crippen molar-refractivity contribution in [2.45, 2.75) is 13.5 Å². The van der Waals surface area contributed by atoms with Crippen LogP contribution in [0.25, 0.3) is 16.3 Å². The smallest absolute Gasteiger partial charge is 0.269 e. The third kappa shape index (κ3) is 4.82. The average molecular weight is 465 g/mol. The van der Waals surface area contributed by atoms with Gasteiger partial charge in [0.25, 0.3) is 11.6 Å². The number of halogens is 1. The second-order valence-corrected chi connectivity index (χ2v) is 8.48. The first-order valence-corrected chi connectivity index (χ1v) is 10.8. The van der Waals surface area contributed by atoms with Crippen LogP contribution in [-0.2, 0) is 11.3 Å². The first kappa shape index (κ1) is 21.6. The number of hydrogen-bond donors (Lipinski definition) is 0. The van der Waals surface area contributed by atoms with Crippen molar-refractivity contribution < 1.29 is 9.72 Å². The predicted octanol–water partition coefficient (Wildman–Crippen LogP) is 5.81. The molecule has 9 heteroatoms. The summed E-state index contributed by atoms with van der Waals surface area (Å²) in [6, 6.07) is 13.4. The minimum absolute atomic E-state index is 0.00446. The van der Waals surface area contributed by atoms with Crippen LogP contribution in [0.15, 0.2) is 67.0 Å². The van der Waals surface area contributed by atoms with Crippen LogP contribution >= 0.6 is 22.9 Å². The normalized spacial score (nSPS) is 11.2. The maximum atomic E-state index is 13.2. The van der Waals surface area contributed by atoms with E-state index in [-0.39, 0.29) is 11.6 Å². The largest absolute Gasteiger partial charge is 0.280 e. The molecule has 4 aromatic rings. The van der Waals surface area contributed by atoms with E-state index in [4.69, 9.17) is 16.6 Å². The average Bonchev–Trinajstić information content (AvgIpc) is 3.21. The molecule has 7 nitrogen and oxygen atoms in total. The van der Waals surface area contributed by atoms with Gasteiger partial charge in [0.2, 0.25) is 0 Å². The molecule has 2 aromatic heterocycles. The molecule has 160 valence electrons. The number of rotatable bonds is 6. The molecule has 2 heterocycles. The van der Waals surface area contributed by atoms with Crippen LogP contribution in [0.1, 0.15) is 16.7 Å². The Morgan fingerprint density at radius 1 is 1.25 bits per heavy atom. The highest BCUT2D eigenvalue weighted by Gasteiger charge is 2.19. The number of nitro groups is 1. The molecule has 0 aliphatic carbocycles. The summed E-state index contributed by atoms with van der Waals surface area (Å²) in [6.45, 7) is 2.23. The molecule has 0 spiro atoms. The van der Waals surface area contributed by atoms with Crippen LogP contribution in [0.2, 0.25) is 5.02 Å². The highest BCUT2D eigenvalue weighted by molar-refractivity contribution is 7.22. The number of fused-ring (bicyclic) bond motifs is 1. The lowest BCUT2D eigenvalue weighted by molar-refractivity contribution is -0.384. The van der Waals surface area contributed by atoms with Gasteiger partial charge in [0, 0.05) is 35.6 Å². The molecule has 0 saturated carbocycles. The summed E-state index contributed by atoms with van der Waals surface area (Å²) < 4.78 is 0.897. The Morgan fingerprint density at radius 2 is 2.03 bits per heavy atom. The fourth-order valence-corrected chi connectivity index (χ4v) is 4.56. The Kier molecular flexibility index (Phi) is 6.25. The summed E-state index contributed by atoms with van der Waals surface area (Å²) in [5.41, 5.74) is 3.27. The van der Waals surface area contributed by atoms with E-state index >= 15 is 0 Å². The molecule has 0 aliphatic heterocycles.